The molecule has 2 aliphatic rings. The molecule has 1 aliphatic heterocycles. The number of anilines is 2. The average molecular weight is 321 g/mol. The van der Waals surface area contributed by atoms with E-state index in [2.05, 4.69) is 43.0 Å². The molecule has 24 heavy (non-hydrogen) atoms. The van der Waals surface area contributed by atoms with Crippen LogP contribution in [-0.2, 0) is 0 Å². The van der Waals surface area contributed by atoms with E-state index < -0.39 is 0 Å². The third-order valence-corrected chi connectivity index (χ3v) is 5.01. The van der Waals surface area contributed by atoms with Gasteiger partial charge in [-0.3, -0.25) is 0 Å². The lowest BCUT2D eigenvalue weighted by Crippen LogP contribution is -2.59. The van der Waals surface area contributed by atoms with Gasteiger partial charge in [0.25, 0.3) is 0 Å². The predicted octanol–water partition coefficient (Wildman–Crippen LogP) is 1.72. The summed E-state index contributed by atoms with van der Waals surface area (Å²) in [7, 11) is 2.12. The van der Waals surface area contributed by atoms with Crippen molar-refractivity contribution in [2.24, 2.45) is 0 Å². The average Bonchev–Trinajstić information content (AvgIpc) is 3.32. The molecule has 0 amide bonds. The maximum Gasteiger partial charge on any atom is 0.153 e. The molecule has 0 unspecified atom stereocenters. The Bertz CT molecular complexity index is 879. The molecule has 1 saturated heterocycles. The Balaban J connectivity index is 1.29. The van der Waals surface area contributed by atoms with Gasteiger partial charge in [-0.25, -0.2) is 19.5 Å². The van der Waals surface area contributed by atoms with Crippen LogP contribution < -0.4 is 9.80 Å². The molecule has 0 N–H and O–H groups in total. The summed E-state index contributed by atoms with van der Waals surface area (Å²) in [6.07, 6.45) is 7.87. The number of aromatic nitrogens is 5. The summed E-state index contributed by atoms with van der Waals surface area (Å²) in [5.41, 5.74) is 2.07. The number of hydrogen-bond donors (Lipinski definition) is 0. The van der Waals surface area contributed by atoms with Gasteiger partial charge in [0.05, 0.1) is 6.04 Å². The molecule has 0 radical (unpaired) electrons. The molecule has 1 aliphatic carbocycles. The van der Waals surface area contributed by atoms with E-state index in [1.54, 1.807) is 12.5 Å². The molecular weight excluding hydrogens is 302 g/mol. The first-order valence-electron chi connectivity index (χ1n) is 8.38. The van der Waals surface area contributed by atoms with Crippen molar-refractivity contribution in [2.45, 2.75) is 24.8 Å². The van der Waals surface area contributed by atoms with Crippen LogP contribution in [0, 0.1) is 0 Å². The Hall–Kier alpha value is -2.70. The normalized spacial score (nSPS) is 18.0. The maximum absolute atomic E-state index is 4.61. The van der Waals surface area contributed by atoms with Gasteiger partial charge in [-0.15, -0.1) is 5.10 Å². The number of nitrogens with zero attached hydrogens (tertiary/aromatic N) is 7. The zero-order valence-electron chi connectivity index (χ0n) is 13.6. The predicted molar refractivity (Wildman–Crippen MR) is 91.4 cm³/mol. The van der Waals surface area contributed by atoms with Crippen LogP contribution >= 0.6 is 0 Å². The lowest BCUT2D eigenvalue weighted by molar-refractivity contribution is 0.487. The lowest BCUT2D eigenvalue weighted by Gasteiger charge is -2.44. The van der Waals surface area contributed by atoms with Gasteiger partial charge in [-0.1, -0.05) is 0 Å². The summed E-state index contributed by atoms with van der Waals surface area (Å²) < 4.78 is 1.82. The Morgan fingerprint density at radius 1 is 1.12 bits per heavy atom. The first-order chi connectivity index (χ1) is 11.8. The molecule has 0 bridgehead atoms. The van der Waals surface area contributed by atoms with Crippen LogP contribution in [0.5, 0.6) is 0 Å². The molecule has 2 fully saturated rings. The van der Waals surface area contributed by atoms with E-state index in [9.17, 15) is 0 Å². The van der Waals surface area contributed by atoms with Crippen LogP contribution in [0.1, 0.15) is 24.5 Å². The topological polar surface area (TPSA) is 62.5 Å². The van der Waals surface area contributed by atoms with Crippen LogP contribution in [0.3, 0.4) is 0 Å². The highest BCUT2D eigenvalue weighted by Gasteiger charge is 2.33. The summed E-state index contributed by atoms with van der Waals surface area (Å²) >= 11 is 0. The van der Waals surface area contributed by atoms with E-state index in [4.69, 9.17) is 0 Å². The third-order valence-electron chi connectivity index (χ3n) is 5.01. The van der Waals surface area contributed by atoms with Crippen molar-refractivity contribution in [3.63, 3.8) is 0 Å². The molecule has 122 valence electrons. The van der Waals surface area contributed by atoms with Crippen molar-refractivity contribution >= 4 is 17.3 Å². The highest BCUT2D eigenvalue weighted by atomic mass is 15.4. The SMILES string of the molecule is CN(c1cc(C2CC2)ncn1)C1CN(c2ccc3nccn3n2)C1. The van der Waals surface area contributed by atoms with E-state index in [1.165, 1.54) is 18.5 Å². The number of likely N-dealkylation sites (N-methyl/N-ethyl adjacent to an activating group) is 1. The van der Waals surface area contributed by atoms with Gasteiger partial charge in [0.2, 0.25) is 0 Å². The molecule has 0 aromatic carbocycles. The van der Waals surface area contributed by atoms with Crippen LogP contribution in [0.4, 0.5) is 11.6 Å². The minimum Gasteiger partial charge on any atom is -0.353 e. The van der Waals surface area contributed by atoms with Crippen molar-refractivity contribution in [3.05, 3.63) is 42.6 Å². The van der Waals surface area contributed by atoms with Crippen LogP contribution in [0.25, 0.3) is 5.65 Å². The van der Waals surface area contributed by atoms with Crippen molar-refractivity contribution in [3.8, 4) is 0 Å². The first kappa shape index (κ1) is 13.7. The monoisotopic (exact) mass is 321 g/mol. The largest absolute Gasteiger partial charge is 0.353 e. The van der Waals surface area contributed by atoms with Crippen molar-refractivity contribution < 1.29 is 0 Å². The smallest absolute Gasteiger partial charge is 0.153 e. The van der Waals surface area contributed by atoms with Crippen LogP contribution in [-0.4, -0.2) is 50.7 Å². The van der Waals surface area contributed by atoms with Gasteiger partial charge in [0, 0.05) is 50.2 Å². The maximum atomic E-state index is 4.61. The Morgan fingerprint density at radius 3 is 2.83 bits per heavy atom. The molecule has 3 aromatic heterocycles. The molecule has 1 saturated carbocycles. The van der Waals surface area contributed by atoms with Crippen LogP contribution in [0.2, 0.25) is 0 Å². The Kier molecular flexibility index (Phi) is 2.95. The molecule has 3 aromatic rings. The fourth-order valence-corrected chi connectivity index (χ4v) is 3.20. The minimum atomic E-state index is 0.451. The molecule has 0 spiro atoms. The summed E-state index contributed by atoms with van der Waals surface area (Å²) in [4.78, 5) is 17.6. The second kappa shape index (κ2) is 5.15. The fraction of sp³-hybridized carbons (Fsp3) is 0.412. The van der Waals surface area contributed by atoms with E-state index in [-0.39, 0.29) is 0 Å². The molecule has 5 rings (SSSR count). The summed E-state index contributed by atoms with van der Waals surface area (Å²) in [5, 5.41) is 4.61. The van der Waals surface area contributed by atoms with E-state index in [1.807, 2.05) is 22.8 Å². The molecular formula is C17H19N7. The molecule has 0 atom stereocenters. The molecule has 7 heteroatoms. The lowest BCUT2D eigenvalue weighted by atomic mass is 10.1. The summed E-state index contributed by atoms with van der Waals surface area (Å²) in [6.45, 7) is 1.90. The number of rotatable bonds is 4. The zero-order chi connectivity index (χ0) is 16.1. The molecule has 7 nitrogen and oxygen atoms in total. The quantitative estimate of drug-likeness (QED) is 0.729. The highest BCUT2D eigenvalue weighted by Crippen LogP contribution is 2.39. The van der Waals surface area contributed by atoms with Crippen molar-refractivity contribution in [2.75, 3.05) is 29.9 Å². The summed E-state index contributed by atoms with van der Waals surface area (Å²) in [6, 6.07) is 6.64. The second-order valence-electron chi connectivity index (χ2n) is 6.67. The van der Waals surface area contributed by atoms with E-state index in [0.29, 0.717) is 12.0 Å². The van der Waals surface area contributed by atoms with Crippen LogP contribution in [0.15, 0.2) is 36.9 Å². The number of fused-ring (bicyclic) bond motifs is 1. The Morgan fingerprint density at radius 2 is 2.00 bits per heavy atom. The van der Waals surface area contributed by atoms with Gasteiger partial charge < -0.3 is 9.80 Å². The number of hydrogen-bond acceptors (Lipinski definition) is 6. The standard InChI is InChI=1S/C17H19N7/c1-22(17-8-14(12-2-3-12)19-11-20-17)13-9-23(10-13)16-5-4-15-18-6-7-24(15)21-16/h4-8,11-13H,2-3,9-10H2,1H3. The van der Waals surface area contributed by atoms with Gasteiger partial charge in [-0.2, -0.15) is 0 Å². The van der Waals surface area contributed by atoms with E-state index in [0.717, 1.165) is 30.4 Å². The first-order valence-corrected chi connectivity index (χ1v) is 8.38. The van der Waals surface area contributed by atoms with Gasteiger partial charge >= 0.3 is 0 Å². The van der Waals surface area contributed by atoms with Gasteiger partial charge in [0.1, 0.15) is 18.0 Å². The highest BCUT2D eigenvalue weighted by molar-refractivity contribution is 5.51. The van der Waals surface area contributed by atoms with Crippen molar-refractivity contribution in [1.29, 1.82) is 0 Å². The third kappa shape index (κ3) is 2.28. The van der Waals surface area contributed by atoms with E-state index >= 15 is 0 Å². The van der Waals surface area contributed by atoms with Crippen molar-refractivity contribution in [1.82, 2.24) is 24.6 Å². The minimum absolute atomic E-state index is 0.451. The number of imidazole rings is 1. The Labute approximate surface area is 140 Å². The molecule has 4 heterocycles. The zero-order valence-corrected chi connectivity index (χ0v) is 13.6. The van der Waals surface area contributed by atoms with Gasteiger partial charge in [0.15, 0.2) is 5.65 Å². The summed E-state index contributed by atoms with van der Waals surface area (Å²) in [5.74, 6) is 2.67. The van der Waals surface area contributed by atoms with Gasteiger partial charge in [-0.05, 0) is 25.0 Å². The fourth-order valence-electron chi connectivity index (χ4n) is 3.20. The second-order valence-corrected chi connectivity index (χ2v) is 6.67.